The molecule has 0 aromatic heterocycles. The van der Waals surface area contributed by atoms with Crippen LogP contribution in [0.1, 0.15) is 6.42 Å². The quantitative estimate of drug-likeness (QED) is 0.292. The SMILES string of the molecule is OC(C/C(CNNc1ccccc1)=N/Nc1ccccc1)(C(F)(F)F)C(F)(F)F. The van der Waals surface area contributed by atoms with Gasteiger partial charge in [0.2, 0.25) is 0 Å². The maximum absolute atomic E-state index is 13.0. The molecule has 0 aliphatic heterocycles. The predicted molar refractivity (Wildman–Crippen MR) is 97.2 cm³/mol. The zero-order chi connectivity index (χ0) is 21.5. The highest BCUT2D eigenvalue weighted by Gasteiger charge is 2.70. The van der Waals surface area contributed by atoms with Crippen molar-refractivity contribution in [2.24, 2.45) is 5.10 Å². The lowest BCUT2D eigenvalue weighted by Crippen LogP contribution is -2.58. The van der Waals surface area contributed by atoms with Crippen LogP contribution in [0, 0.1) is 0 Å². The normalized spacial score (nSPS) is 13.3. The zero-order valence-electron chi connectivity index (χ0n) is 14.8. The van der Waals surface area contributed by atoms with Crippen molar-refractivity contribution in [1.29, 1.82) is 0 Å². The summed E-state index contributed by atoms with van der Waals surface area (Å²) in [5.41, 5.74) is 2.87. The third kappa shape index (κ3) is 6.09. The molecular weight excluding hydrogens is 402 g/mol. The third-order valence-corrected chi connectivity index (χ3v) is 3.81. The van der Waals surface area contributed by atoms with Crippen LogP contribution in [0.2, 0.25) is 0 Å². The molecule has 0 atom stereocenters. The van der Waals surface area contributed by atoms with Crippen molar-refractivity contribution in [1.82, 2.24) is 5.43 Å². The molecule has 0 spiro atoms. The number of rotatable bonds is 8. The van der Waals surface area contributed by atoms with Gasteiger partial charge in [0.05, 0.1) is 17.9 Å². The Morgan fingerprint density at radius 1 is 0.793 bits per heavy atom. The van der Waals surface area contributed by atoms with E-state index in [9.17, 15) is 31.4 Å². The number of nitrogens with zero attached hydrogens (tertiary/aromatic N) is 1. The van der Waals surface area contributed by atoms with E-state index in [1.54, 1.807) is 48.5 Å². The molecule has 0 saturated carbocycles. The first-order chi connectivity index (χ1) is 13.5. The van der Waals surface area contributed by atoms with Crippen LogP contribution in [0.5, 0.6) is 0 Å². The van der Waals surface area contributed by atoms with Crippen LogP contribution >= 0.6 is 0 Å². The molecule has 0 aliphatic carbocycles. The molecule has 0 radical (unpaired) electrons. The molecule has 0 unspecified atom stereocenters. The highest BCUT2D eigenvalue weighted by molar-refractivity contribution is 5.88. The van der Waals surface area contributed by atoms with Gasteiger partial charge in [0.15, 0.2) is 0 Å². The molecule has 0 amide bonds. The second-order valence-electron chi connectivity index (χ2n) is 6.03. The predicted octanol–water partition coefficient (Wildman–Crippen LogP) is 4.32. The summed E-state index contributed by atoms with van der Waals surface area (Å²) in [6.07, 6.45) is -13.7. The first-order valence-corrected chi connectivity index (χ1v) is 8.29. The van der Waals surface area contributed by atoms with Gasteiger partial charge in [-0.15, -0.1) is 0 Å². The topological polar surface area (TPSA) is 68.7 Å². The number of benzene rings is 2. The van der Waals surface area contributed by atoms with Gasteiger partial charge in [-0.1, -0.05) is 36.4 Å². The van der Waals surface area contributed by atoms with Crippen molar-refractivity contribution in [2.45, 2.75) is 24.4 Å². The van der Waals surface area contributed by atoms with E-state index >= 15 is 0 Å². The fraction of sp³-hybridized carbons (Fsp3) is 0.278. The van der Waals surface area contributed by atoms with Gasteiger partial charge in [-0.05, 0) is 24.3 Å². The Balaban J connectivity index is 2.20. The monoisotopic (exact) mass is 420 g/mol. The van der Waals surface area contributed by atoms with Crippen molar-refractivity contribution in [3.63, 3.8) is 0 Å². The lowest BCUT2D eigenvalue weighted by molar-refractivity contribution is -0.365. The Labute approximate surface area is 162 Å². The van der Waals surface area contributed by atoms with E-state index in [2.05, 4.69) is 21.4 Å². The van der Waals surface area contributed by atoms with Crippen molar-refractivity contribution in [3.8, 4) is 0 Å². The number of hydrogen-bond donors (Lipinski definition) is 4. The molecule has 11 heteroatoms. The maximum Gasteiger partial charge on any atom is 0.426 e. The van der Waals surface area contributed by atoms with Gasteiger partial charge >= 0.3 is 12.4 Å². The zero-order valence-corrected chi connectivity index (χ0v) is 14.8. The van der Waals surface area contributed by atoms with Crippen molar-refractivity contribution < 1.29 is 31.4 Å². The van der Waals surface area contributed by atoms with Crippen molar-refractivity contribution in [3.05, 3.63) is 60.7 Å². The Hall–Kier alpha value is -2.79. The Kier molecular flexibility index (Phi) is 7.09. The fourth-order valence-corrected chi connectivity index (χ4v) is 2.22. The number of hydrazone groups is 1. The smallest absolute Gasteiger partial charge is 0.373 e. The number of hydrazine groups is 1. The van der Waals surface area contributed by atoms with Gasteiger partial charge in [-0.25, -0.2) is 5.43 Å². The number of hydrogen-bond acceptors (Lipinski definition) is 5. The molecule has 0 saturated heterocycles. The third-order valence-electron chi connectivity index (χ3n) is 3.81. The van der Waals surface area contributed by atoms with E-state index in [4.69, 9.17) is 0 Å². The summed E-state index contributed by atoms with van der Waals surface area (Å²) in [7, 11) is 0. The average molecular weight is 420 g/mol. The highest BCUT2D eigenvalue weighted by Crippen LogP contribution is 2.45. The van der Waals surface area contributed by atoms with Gasteiger partial charge in [0.25, 0.3) is 5.60 Å². The minimum absolute atomic E-state index is 0.351. The molecule has 29 heavy (non-hydrogen) atoms. The van der Waals surface area contributed by atoms with Crippen LogP contribution < -0.4 is 16.3 Å². The van der Waals surface area contributed by atoms with Gasteiger partial charge < -0.3 is 10.5 Å². The van der Waals surface area contributed by atoms with E-state index in [0.717, 1.165) is 0 Å². The van der Waals surface area contributed by atoms with Gasteiger partial charge in [0, 0.05) is 12.1 Å². The minimum Gasteiger partial charge on any atom is -0.373 e. The standard InChI is InChI=1S/C18H18F6N4O/c19-17(20,21)16(29,18(22,23)24)11-15(28-27-14-9-5-2-6-10-14)12-25-26-13-7-3-1-4-8-13/h1-10,25-27,29H,11-12H2/b28-15-. The average Bonchev–Trinajstić information content (AvgIpc) is 2.65. The summed E-state index contributed by atoms with van der Waals surface area (Å²) in [4.78, 5) is 0. The molecule has 2 rings (SSSR count). The van der Waals surface area contributed by atoms with Crippen molar-refractivity contribution >= 4 is 17.1 Å². The Morgan fingerprint density at radius 3 is 1.76 bits per heavy atom. The van der Waals surface area contributed by atoms with Crippen LogP contribution in [0.15, 0.2) is 65.8 Å². The van der Waals surface area contributed by atoms with E-state index < -0.39 is 36.6 Å². The van der Waals surface area contributed by atoms with Gasteiger partial charge in [-0.3, -0.25) is 5.43 Å². The molecule has 4 N–H and O–H groups in total. The van der Waals surface area contributed by atoms with Crippen molar-refractivity contribution in [2.75, 3.05) is 17.4 Å². The molecular formula is C18H18F6N4O. The lowest BCUT2D eigenvalue weighted by Gasteiger charge is -2.32. The van der Waals surface area contributed by atoms with E-state index in [-0.39, 0.29) is 0 Å². The number of aliphatic hydroxyl groups is 1. The number of anilines is 2. The van der Waals surface area contributed by atoms with Crippen LogP contribution in [0.4, 0.5) is 37.7 Å². The number of alkyl halides is 6. The molecule has 158 valence electrons. The second kappa shape index (κ2) is 9.14. The first-order valence-electron chi connectivity index (χ1n) is 8.29. The van der Waals surface area contributed by atoms with Crippen LogP contribution in [0.25, 0.3) is 0 Å². The molecule has 0 heterocycles. The van der Waals surface area contributed by atoms with E-state index in [1.807, 2.05) is 0 Å². The van der Waals surface area contributed by atoms with Crippen LogP contribution in [-0.2, 0) is 0 Å². The highest BCUT2D eigenvalue weighted by atomic mass is 19.4. The summed E-state index contributed by atoms with van der Waals surface area (Å²) >= 11 is 0. The lowest BCUT2D eigenvalue weighted by atomic mass is 9.95. The molecule has 2 aromatic carbocycles. The molecule has 0 aliphatic rings. The minimum atomic E-state index is -5.94. The van der Waals surface area contributed by atoms with Gasteiger partial charge in [0.1, 0.15) is 0 Å². The summed E-state index contributed by atoms with van der Waals surface area (Å²) in [5, 5.41) is 13.1. The van der Waals surface area contributed by atoms with Crippen LogP contribution in [0.3, 0.4) is 0 Å². The Morgan fingerprint density at radius 2 is 1.28 bits per heavy atom. The molecule has 0 bridgehead atoms. The van der Waals surface area contributed by atoms with Gasteiger partial charge in [-0.2, -0.15) is 31.4 Å². The van der Waals surface area contributed by atoms with Crippen LogP contribution in [-0.4, -0.2) is 35.3 Å². The molecule has 5 nitrogen and oxygen atoms in total. The largest absolute Gasteiger partial charge is 0.426 e. The molecule has 2 aromatic rings. The van der Waals surface area contributed by atoms with E-state index in [1.165, 1.54) is 12.1 Å². The second-order valence-corrected chi connectivity index (χ2v) is 6.03. The Bertz CT molecular complexity index is 779. The first kappa shape index (κ1) is 22.5. The molecule has 0 fully saturated rings. The summed E-state index contributed by atoms with van der Waals surface area (Å²) < 4.78 is 78.2. The van der Waals surface area contributed by atoms with E-state index in [0.29, 0.717) is 11.4 Å². The maximum atomic E-state index is 13.0. The number of halogens is 6. The number of nitrogens with one attached hydrogen (secondary N) is 3. The summed E-state index contributed by atoms with van der Waals surface area (Å²) in [6.45, 7) is -0.511. The summed E-state index contributed by atoms with van der Waals surface area (Å²) in [5.74, 6) is 0. The summed E-state index contributed by atoms with van der Waals surface area (Å²) in [6, 6.07) is 16.3. The fourth-order valence-electron chi connectivity index (χ4n) is 2.22. The number of para-hydroxylation sites is 2.